The number of hydrogen-bond donors (Lipinski definition) is 0. The predicted octanol–water partition coefficient (Wildman–Crippen LogP) is 3.68. The third-order valence-corrected chi connectivity index (χ3v) is 5.65. The maximum atomic E-state index is 12.8. The average molecular weight is 395 g/mol. The number of benzene rings is 1. The maximum absolute atomic E-state index is 12.8. The molecule has 0 spiro atoms. The van der Waals surface area contributed by atoms with Crippen molar-refractivity contribution in [3.63, 3.8) is 0 Å². The first kappa shape index (κ1) is 17.7. The van der Waals surface area contributed by atoms with Crippen LogP contribution < -0.4 is 4.74 Å². The molecular formula is C19H27BrN2O2. The van der Waals surface area contributed by atoms with Crippen LogP contribution in [0.3, 0.4) is 0 Å². The number of nitrogens with zero attached hydrogens (tertiary/aromatic N) is 2. The SMILES string of the molecule is COc1ccc(Br)cc1CN1CCC[C@H](C(=O)N2CCCCC2)C1. The van der Waals surface area contributed by atoms with Crippen molar-refractivity contribution in [3.8, 4) is 5.75 Å². The molecule has 1 atom stereocenters. The van der Waals surface area contributed by atoms with Crippen LogP contribution in [0.15, 0.2) is 22.7 Å². The number of carbonyl (C=O) groups excluding carboxylic acids is 1. The van der Waals surface area contributed by atoms with Crippen molar-refractivity contribution in [2.24, 2.45) is 5.92 Å². The lowest BCUT2D eigenvalue weighted by molar-refractivity contribution is -0.138. The number of carbonyl (C=O) groups is 1. The summed E-state index contributed by atoms with van der Waals surface area (Å²) in [5.41, 5.74) is 1.18. The van der Waals surface area contributed by atoms with Gasteiger partial charge in [-0.05, 0) is 56.8 Å². The lowest BCUT2D eigenvalue weighted by atomic mass is 9.95. The molecule has 132 valence electrons. The van der Waals surface area contributed by atoms with E-state index in [2.05, 4.69) is 31.8 Å². The number of rotatable bonds is 4. The highest BCUT2D eigenvalue weighted by molar-refractivity contribution is 9.10. The van der Waals surface area contributed by atoms with E-state index in [4.69, 9.17) is 4.74 Å². The van der Waals surface area contributed by atoms with Crippen molar-refractivity contribution in [3.05, 3.63) is 28.2 Å². The molecule has 0 radical (unpaired) electrons. The Hall–Kier alpha value is -1.07. The summed E-state index contributed by atoms with van der Waals surface area (Å²) < 4.78 is 6.55. The van der Waals surface area contributed by atoms with Crippen molar-refractivity contribution in [1.82, 2.24) is 9.80 Å². The topological polar surface area (TPSA) is 32.8 Å². The summed E-state index contributed by atoms with van der Waals surface area (Å²) in [4.78, 5) is 17.3. The zero-order valence-corrected chi connectivity index (χ0v) is 16.1. The van der Waals surface area contributed by atoms with Crippen LogP contribution in [0.5, 0.6) is 5.75 Å². The quantitative estimate of drug-likeness (QED) is 0.780. The number of piperidine rings is 2. The molecule has 2 heterocycles. The molecule has 0 N–H and O–H groups in total. The minimum atomic E-state index is 0.162. The first-order valence-electron chi connectivity index (χ1n) is 9.01. The smallest absolute Gasteiger partial charge is 0.226 e. The molecule has 1 aromatic carbocycles. The molecule has 24 heavy (non-hydrogen) atoms. The van der Waals surface area contributed by atoms with E-state index in [1.807, 2.05) is 12.1 Å². The molecule has 5 heteroatoms. The van der Waals surface area contributed by atoms with Gasteiger partial charge in [-0.15, -0.1) is 0 Å². The third-order valence-electron chi connectivity index (χ3n) is 5.16. The van der Waals surface area contributed by atoms with Crippen LogP contribution >= 0.6 is 15.9 Å². The Bertz CT molecular complexity index is 572. The number of methoxy groups -OCH3 is 1. The molecule has 0 aliphatic carbocycles. The second-order valence-corrected chi connectivity index (χ2v) is 7.83. The zero-order valence-electron chi connectivity index (χ0n) is 14.5. The van der Waals surface area contributed by atoms with Gasteiger partial charge in [-0.2, -0.15) is 0 Å². The molecule has 2 aliphatic rings. The number of ether oxygens (including phenoxy) is 1. The fraction of sp³-hybridized carbons (Fsp3) is 0.632. The predicted molar refractivity (Wildman–Crippen MR) is 99.1 cm³/mol. The van der Waals surface area contributed by atoms with Gasteiger partial charge in [-0.1, -0.05) is 15.9 Å². The van der Waals surface area contributed by atoms with Crippen LogP contribution in [0.25, 0.3) is 0 Å². The van der Waals surface area contributed by atoms with Gasteiger partial charge in [0.2, 0.25) is 5.91 Å². The lowest BCUT2D eigenvalue weighted by Gasteiger charge is -2.36. The van der Waals surface area contributed by atoms with E-state index in [1.54, 1.807) is 7.11 Å². The van der Waals surface area contributed by atoms with Gasteiger partial charge < -0.3 is 9.64 Å². The summed E-state index contributed by atoms with van der Waals surface area (Å²) in [6.07, 6.45) is 5.72. The van der Waals surface area contributed by atoms with Crippen molar-refractivity contribution in [2.45, 2.75) is 38.6 Å². The minimum Gasteiger partial charge on any atom is -0.496 e. The van der Waals surface area contributed by atoms with E-state index in [1.165, 1.54) is 12.0 Å². The molecule has 0 bridgehead atoms. The highest BCUT2D eigenvalue weighted by Gasteiger charge is 2.30. The van der Waals surface area contributed by atoms with E-state index in [0.717, 1.165) is 68.6 Å². The molecule has 1 amide bonds. The molecule has 2 aliphatic heterocycles. The first-order valence-corrected chi connectivity index (χ1v) is 9.80. The van der Waals surface area contributed by atoms with Crippen molar-refractivity contribution >= 4 is 21.8 Å². The standard InChI is InChI=1S/C19H27BrN2O2/c1-24-18-8-7-17(20)12-16(18)14-21-9-5-6-15(13-21)19(23)22-10-3-2-4-11-22/h7-8,12,15H,2-6,9-11,13-14H2,1H3/t15-/m0/s1. The van der Waals surface area contributed by atoms with E-state index < -0.39 is 0 Å². The summed E-state index contributed by atoms with van der Waals surface area (Å²) in [6, 6.07) is 6.12. The van der Waals surface area contributed by atoms with Crippen molar-refractivity contribution in [2.75, 3.05) is 33.3 Å². The minimum absolute atomic E-state index is 0.162. The molecule has 1 aromatic rings. The number of likely N-dealkylation sites (tertiary alicyclic amines) is 2. The van der Waals surface area contributed by atoms with Crippen LogP contribution in [0.2, 0.25) is 0 Å². The number of halogens is 1. The summed E-state index contributed by atoms with van der Waals surface area (Å²) >= 11 is 3.54. The molecule has 3 rings (SSSR count). The monoisotopic (exact) mass is 394 g/mol. The lowest BCUT2D eigenvalue weighted by Crippen LogP contribution is -2.46. The molecule has 2 fully saturated rings. The van der Waals surface area contributed by atoms with Crippen LogP contribution in [0.1, 0.15) is 37.7 Å². The fourth-order valence-electron chi connectivity index (χ4n) is 3.88. The molecule has 0 saturated carbocycles. The van der Waals surface area contributed by atoms with Gasteiger partial charge in [0.15, 0.2) is 0 Å². The summed E-state index contributed by atoms with van der Waals surface area (Å²) in [5.74, 6) is 1.46. The highest BCUT2D eigenvalue weighted by atomic mass is 79.9. The third kappa shape index (κ3) is 4.31. The Labute approximate surface area is 153 Å². The van der Waals surface area contributed by atoms with Gasteiger partial charge in [0.05, 0.1) is 13.0 Å². The number of amides is 1. The van der Waals surface area contributed by atoms with Crippen molar-refractivity contribution in [1.29, 1.82) is 0 Å². The maximum Gasteiger partial charge on any atom is 0.226 e. The van der Waals surface area contributed by atoms with Crippen LogP contribution in [-0.4, -0.2) is 49.0 Å². The highest BCUT2D eigenvalue weighted by Crippen LogP contribution is 2.27. The molecular weight excluding hydrogens is 368 g/mol. The van der Waals surface area contributed by atoms with Gasteiger partial charge in [-0.3, -0.25) is 9.69 Å². The van der Waals surface area contributed by atoms with Crippen LogP contribution in [0, 0.1) is 5.92 Å². The van der Waals surface area contributed by atoms with Gasteiger partial charge in [-0.25, -0.2) is 0 Å². The average Bonchev–Trinajstić information content (AvgIpc) is 2.62. The van der Waals surface area contributed by atoms with E-state index in [0.29, 0.717) is 5.91 Å². The second-order valence-electron chi connectivity index (χ2n) is 6.92. The van der Waals surface area contributed by atoms with E-state index in [9.17, 15) is 4.79 Å². The van der Waals surface area contributed by atoms with Gasteiger partial charge >= 0.3 is 0 Å². The molecule has 2 saturated heterocycles. The normalized spacial score (nSPS) is 22.4. The largest absolute Gasteiger partial charge is 0.496 e. The van der Waals surface area contributed by atoms with E-state index >= 15 is 0 Å². The summed E-state index contributed by atoms with van der Waals surface area (Å²) in [6.45, 7) is 4.67. The molecule has 0 unspecified atom stereocenters. The Balaban J connectivity index is 1.63. The van der Waals surface area contributed by atoms with Crippen LogP contribution in [0.4, 0.5) is 0 Å². The van der Waals surface area contributed by atoms with Crippen molar-refractivity contribution < 1.29 is 9.53 Å². The number of hydrogen-bond acceptors (Lipinski definition) is 3. The Morgan fingerprint density at radius 3 is 2.75 bits per heavy atom. The first-order chi connectivity index (χ1) is 11.7. The molecule has 0 aromatic heterocycles. The Morgan fingerprint density at radius 1 is 1.21 bits per heavy atom. The Morgan fingerprint density at radius 2 is 2.00 bits per heavy atom. The fourth-order valence-corrected chi connectivity index (χ4v) is 4.29. The summed E-state index contributed by atoms with van der Waals surface area (Å²) in [7, 11) is 1.71. The van der Waals surface area contributed by atoms with E-state index in [-0.39, 0.29) is 5.92 Å². The zero-order chi connectivity index (χ0) is 16.9. The van der Waals surface area contributed by atoms with Crippen LogP contribution in [-0.2, 0) is 11.3 Å². The Kier molecular flexibility index (Phi) is 6.17. The molecule has 4 nitrogen and oxygen atoms in total. The second kappa shape index (κ2) is 8.34. The van der Waals surface area contributed by atoms with Gasteiger partial charge in [0.1, 0.15) is 5.75 Å². The van der Waals surface area contributed by atoms with Gasteiger partial charge in [0.25, 0.3) is 0 Å². The summed E-state index contributed by atoms with van der Waals surface area (Å²) in [5, 5.41) is 0. The van der Waals surface area contributed by atoms with Gasteiger partial charge in [0, 0.05) is 36.2 Å².